The molecule has 1 N–H and O–H groups in total. The molecule has 4 aromatic heterocycles. The van der Waals surface area contributed by atoms with Crippen LogP contribution in [-0.4, -0.2) is 34.4 Å². The molecule has 4 aromatic rings. The van der Waals surface area contributed by atoms with E-state index in [0.29, 0.717) is 11.2 Å². The Hall–Kier alpha value is -2.72. The van der Waals surface area contributed by atoms with Crippen molar-refractivity contribution in [3.8, 4) is 11.4 Å². The van der Waals surface area contributed by atoms with E-state index in [2.05, 4.69) is 15.0 Å². The molecule has 0 fully saturated rings. The fourth-order valence-corrected chi connectivity index (χ4v) is 3.07. The van der Waals surface area contributed by atoms with E-state index in [1.165, 1.54) is 28.9 Å². The van der Waals surface area contributed by atoms with Gasteiger partial charge in [-0.3, -0.25) is 4.40 Å². The molecule has 0 spiro atoms. The zero-order valence-electron chi connectivity index (χ0n) is 14.0. The molecular formula is C16H12ClF2N5O2S. The van der Waals surface area contributed by atoms with Gasteiger partial charge in [-0.15, -0.1) is 3.89 Å². The molecular weight excluding hydrogens is 400 g/mol. The second-order valence-electron chi connectivity index (χ2n) is 5.00. The second kappa shape index (κ2) is 7.49. The van der Waals surface area contributed by atoms with Crippen molar-refractivity contribution in [2.24, 2.45) is 0 Å². The summed E-state index contributed by atoms with van der Waals surface area (Å²) in [5, 5.41) is 9.28. The van der Waals surface area contributed by atoms with Gasteiger partial charge in [0, 0.05) is 12.4 Å². The van der Waals surface area contributed by atoms with Crippen molar-refractivity contribution in [3.05, 3.63) is 47.4 Å². The highest BCUT2D eigenvalue weighted by molar-refractivity contribution is 7.92. The van der Waals surface area contributed by atoms with Gasteiger partial charge in [-0.25, -0.2) is 28.1 Å². The minimum absolute atomic E-state index is 0.00883. The molecule has 0 aliphatic heterocycles. The van der Waals surface area contributed by atoms with Gasteiger partial charge in [-0.1, -0.05) is 13.8 Å². The van der Waals surface area contributed by atoms with Crippen LogP contribution < -0.4 is 0 Å². The zero-order valence-corrected chi connectivity index (χ0v) is 15.6. The summed E-state index contributed by atoms with van der Waals surface area (Å²) >= 11 is 5.83. The third kappa shape index (κ3) is 3.21. The van der Waals surface area contributed by atoms with Crippen molar-refractivity contribution in [1.82, 2.24) is 23.3 Å². The Morgan fingerprint density at radius 2 is 2.00 bits per heavy atom. The number of aromatic nitrogens is 5. The Bertz CT molecular complexity index is 1160. The van der Waals surface area contributed by atoms with Crippen molar-refractivity contribution >= 4 is 46.6 Å². The number of pyridine rings is 1. The van der Waals surface area contributed by atoms with E-state index >= 15 is 0 Å². The quantitative estimate of drug-likeness (QED) is 0.528. The number of carboxylic acids is 1. The Morgan fingerprint density at radius 3 is 2.67 bits per heavy atom. The minimum Gasteiger partial charge on any atom is -0.478 e. The minimum atomic E-state index is -1.26. The van der Waals surface area contributed by atoms with Crippen molar-refractivity contribution in [3.63, 3.8) is 0 Å². The first kappa shape index (κ1) is 19.1. The van der Waals surface area contributed by atoms with Crippen LogP contribution in [0.2, 0.25) is 5.28 Å². The maximum Gasteiger partial charge on any atom is 0.339 e. The maximum atomic E-state index is 13.4. The number of carboxylic acid groups (broad SMARTS) is 1. The lowest BCUT2D eigenvalue weighted by Gasteiger charge is -2.00. The van der Waals surface area contributed by atoms with Crippen molar-refractivity contribution in [1.29, 1.82) is 0 Å². The predicted molar refractivity (Wildman–Crippen MR) is 99.1 cm³/mol. The number of halogens is 3. The van der Waals surface area contributed by atoms with Gasteiger partial charge in [0.05, 0.1) is 11.7 Å². The van der Waals surface area contributed by atoms with E-state index in [1.54, 1.807) is 0 Å². The van der Waals surface area contributed by atoms with Gasteiger partial charge >= 0.3 is 5.97 Å². The van der Waals surface area contributed by atoms with E-state index in [4.69, 9.17) is 11.6 Å². The SMILES string of the molecule is CC.O=C(O)c1cn(SF)c2ncc(-c3nc(Cl)n4cc(F)ccc34)nc12. The molecule has 0 radical (unpaired) electrons. The first-order valence-electron chi connectivity index (χ1n) is 7.73. The number of hydrogen-bond donors (Lipinski definition) is 1. The number of hydrogen-bond acceptors (Lipinski definition) is 5. The number of fused-ring (bicyclic) bond motifs is 2. The van der Waals surface area contributed by atoms with Crippen LogP contribution in [0.1, 0.15) is 24.2 Å². The highest BCUT2D eigenvalue weighted by atomic mass is 35.5. The Balaban J connectivity index is 0.00000102. The summed E-state index contributed by atoms with van der Waals surface area (Å²) in [4.78, 5) is 23.8. The number of aromatic carboxylic acids is 1. The molecule has 0 aromatic carbocycles. The van der Waals surface area contributed by atoms with Gasteiger partial charge < -0.3 is 5.11 Å². The Labute approximate surface area is 161 Å². The lowest BCUT2D eigenvalue weighted by Crippen LogP contribution is -1.96. The molecule has 27 heavy (non-hydrogen) atoms. The largest absolute Gasteiger partial charge is 0.478 e. The zero-order chi connectivity index (χ0) is 19.7. The van der Waals surface area contributed by atoms with Crippen LogP contribution in [0.3, 0.4) is 0 Å². The molecule has 0 unspecified atom stereocenters. The van der Waals surface area contributed by atoms with E-state index < -0.39 is 11.8 Å². The number of carbonyl (C=O) groups is 1. The van der Waals surface area contributed by atoms with E-state index in [9.17, 15) is 18.2 Å². The maximum absolute atomic E-state index is 13.4. The topological polar surface area (TPSA) is 85.3 Å². The number of imidazole rings is 1. The lowest BCUT2D eigenvalue weighted by molar-refractivity contribution is 0.0699. The monoisotopic (exact) mass is 411 g/mol. The normalized spacial score (nSPS) is 10.9. The summed E-state index contributed by atoms with van der Waals surface area (Å²) in [5.41, 5.74) is 0.874. The molecule has 4 rings (SSSR count). The third-order valence-electron chi connectivity index (χ3n) is 3.57. The molecule has 0 saturated heterocycles. The summed E-state index contributed by atoms with van der Waals surface area (Å²) in [6.07, 6.45) is 3.58. The van der Waals surface area contributed by atoms with Crippen LogP contribution in [0.5, 0.6) is 0 Å². The smallest absolute Gasteiger partial charge is 0.339 e. The van der Waals surface area contributed by atoms with Crippen LogP contribution in [0.25, 0.3) is 28.1 Å². The fraction of sp³-hybridized carbons (Fsp3) is 0.125. The van der Waals surface area contributed by atoms with E-state index in [1.807, 2.05) is 13.8 Å². The molecule has 0 saturated carbocycles. The van der Waals surface area contributed by atoms with Gasteiger partial charge in [-0.05, 0) is 23.7 Å². The average molecular weight is 412 g/mol. The van der Waals surface area contributed by atoms with Gasteiger partial charge in [0.1, 0.15) is 28.3 Å². The summed E-state index contributed by atoms with van der Waals surface area (Å²) in [5.74, 6) is -1.76. The van der Waals surface area contributed by atoms with Gasteiger partial charge in [0.2, 0.25) is 5.28 Å². The Kier molecular flexibility index (Phi) is 5.29. The summed E-state index contributed by atoms with van der Waals surface area (Å²) in [7, 11) is 0. The molecule has 0 bridgehead atoms. The lowest BCUT2D eigenvalue weighted by atomic mass is 10.2. The van der Waals surface area contributed by atoms with Crippen LogP contribution in [0.15, 0.2) is 30.7 Å². The Morgan fingerprint density at radius 1 is 1.26 bits per heavy atom. The molecule has 0 amide bonds. The average Bonchev–Trinajstić information content (AvgIpc) is 3.21. The number of rotatable bonds is 3. The van der Waals surface area contributed by atoms with Crippen LogP contribution in [-0.2, 0) is 0 Å². The predicted octanol–water partition coefficient (Wildman–Crippen LogP) is 4.64. The highest BCUT2D eigenvalue weighted by Gasteiger charge is 2.20. The molecule has 0 aliphatic rings. The van der Waals surface area contributed by atoms with Crippen LogP contribution in [0.4, 0.5) is 8.28 Å². The highest BCUT2D eigenvalue weighted by Crippen LogP contribution is 2.29. The first-order valence-corrected chi connectivity index (χ1v) is 8.78. The fourth-order valence-electron chi connectivity index (χ4n) is 2.50. The molecule has 4 heterocycles. The van der Waals surface area contributed by atoms with Crippen molar-refractivity contribution < 1.29 is 18.2 Å². The number of nitrogens with zero attached hydrogens (tertiary/aromatic N) is 5. The molecule has 0 aliphatic carbocycles. The van der Waals surface area contributed by atoms with Crippen LogP contribution >= 0.6 is 23.9 Å². The summed E-state index contributed by atoms with van der Waals surface area (Å²) in [6.45, 7) is 4.00. The van der Waals surface area contributed by atoms with Crippen LogP contribution in [0, 0.1) is 5.82 Å². The standard InChI is InChI=1S/C14H6ClF2N5O2S.C2H6/c15-14-20-11(9-2-1-6(16)4-21(9)14)8-3-18-12-10(19-8)7(13(23)24)5-22(12)25-17;1-2/h1-5H,(H,23,24);1-2H3. The van der Waals surface area contributed by atoms with E-state index in [0.717, 1.165) is 10.2 Å². The van der Waals surface area contributed by atoms with Gasteiger partial charge in [0.15, 0.2) is 18.0 Å². The van der Waals surface area contributed by atoms with Gasteiger partial charge in [-0.2, -0.15) is 0 Å². The molecule has 0 atom stereocenters. The second-order valence-corrected chi connectivity index (χ2v) is 5.87. The van der Waals surface area contributed by atoms with Gasteiger partial charge in [0.25, 0.3) is 0 Å². The summed E-state index contributed by atoms with van der Waals surface area (Å²) < 4.78 is 28.6. The van der Waals surface area contributed by atoms with Crippen molar-refractivity contribution in [2.75, 3.05) is 0 Å². The molecule has 11 heteroatoms. The molecule has 7 nitrogen and oxygen atoms in total. The summed E-state index contributed by atoms with van der Waals surface area (Å²) in [6, 6.07) is 2.71. The third-order valence-corrected chi connectivity index (χ3v) is 4.26. The van der Waals surface area contributed by atoms with E-state index in [-0.39, 0.29) is 40.0 Å². The van der Waals surface area contributed by atoms with Crippen molar-refractivity contribution in [2.45, 2.75) is 13.8 Å². The first-order chi connectivity index (χ1) is 13.0. The molecule has 140 valence electrons.